The van der Waals surface area contributed by atoms with Crippen molar-refractivity contribution in [3.63, 3.8) is 0 Å². The highest BCUT2D eigenvalue weighted by Gasteiger charge is 2.35. The van der Waals surface area contributed by atoms with Gasteiger partial charge < -0.3 is 15.2 Å². The van der Waals surface area contributed by atoms with Gasteiger partial charge in [0.15, 0.2) is 5.65 Å². The molecule has 46 heavy (non-hydrogen) atoms. The lowest BCUT2D eigenvalue weighted by Gasteiger charge is -2.13. The van der Waals surface area contributed by atoms with Crippen molar-refractivity contribution in [2.75, 3.05) is 12.4 Å². The third-order valence-electron chi connectivity index (χ3n) is 6.66. The number of halogens is 3. The molecule has 0 aliphatic rings. The first kappa shape index (κ1) is 32.2. The minimum Gasteiger partial charge on any atom is -0.481 e. The molecule has 0 saturated carbocycles. The van der Waals surface area contributed by atoms with Crippen LogP contribution in [0, 0.1) is 11.8 Å². The highest BCUT2D eigenvalue weighted by Crippen LogP contribution is 2.36. The summed E-state index contributed by atoms with van der Waals surface area (Å²) >= 11 is 0. The lowest BCUT2D eigenvalue weighted by Crippen LogP contribution is -2.17. The Labute approximate surface area is 262 Å². The molecule has 5 rings (SSSR count). The van der Waals surface area contributed by atoms with Crippen molar-refractivity contribution in [3.8, 4) is 28.8 Å². The van der Waals surface area contributed by atoms with Gasteiger partial charge in [0.05, 0.1) is 30.3 Å². The lowest BCUT2D eigenvalue weighted by molar-refractivity contribution is -0.139. The number of hydrogen-bond acceptors (Lipinski definition) is 7. The van der Waals surface area contributed by atoms with E-state index in [9.17, 15) is 31.5 Å². The number of nitrogens with one attached hydrogen (secondary N) is 1. The number of carbonyl (C=O) groups excluding carboxylic acids is 1. The number of pyridine rings is 2. The second-order valence-electron chi connectivity index (χ2n) is 10.8. The zero-order valence-electron chi connectivity index (χ0n) is 24.8. The van der Waals surface area contributed by atoms with E-state index in [1.165, 1.54) is 32.2 Å². The molecule has 2 aromatic carbocycles. The van der Waals surface area contributed by atoms with Crippen molar-refractivity contribution in [3.05, 3.63) is 102 Å². The average Bonchev–Trinajstić information content (AvgIpc) is 3.39. The van der Waals surface area contributed by atoms with Gasteiger partial charge in [-0.3, -0.25) is 4.79 Å². The van der Waals surface area contributed by atoms with Gasteiger partial charge in [0.25, 0.3) is 10.0 Å². The average molecular weight is 649 g/mol. The van der Waals surface area contributed by atoms with Crippen LogP contribution in [-0.4, -0.2) is 46.1 Å². The van der Waals surface area contributed by atoms with E-state index in [0.717, 1.165) is 28.9 Å². The van der Waals surface area contributed by atoms with E-state index in [1.54, 1.807) is 54.6 Å². The third kappa shape index (κ3) is 7.03. The maximum atomic E-state index is 13.6. The molecule has 0 bridgehead atoms. The molecule has 0 fully saturated rings. The van der Waals surface area contributed by atoms with Crippen molar-refractivity contribution in [1.29, 1.82) is 0 Å². The summed E-state index contributed by atoms with van der Waals surface area (Å²) in [6.07, 6.45) is -2.23. The molecule has 0 radical (unpaired) electrons. The van der Waals surface area contributed by atoms with Gasteiger partial charge in [0.2, 0.25) is 11.8 Å². The van der Waals surface area contributed by atoms with E-state index in [1.807, 2.05) is 0 Å². The van der Waals surface area contributed by atoms with E-state index in [4.69, 9.17) is 0 Å². The first-order valence-corrected chi connectivity index (χ1v) is 15.2. The van der Waals surface area contributed by atoms with Crippen LogP contribution in [0.15, 0.2) is 90.1 Å². The zero-order valence-corrected chi connectivity index (χ0v) is 25.6. The molecule has 3 heterocycles. The first-order valence-electron chi connectivity index (χ1n) is 13.7. The summed E-state index contributed by atoms with van der Waals surface area (Å²) in [6.45, 7) is 2.98. The minimum absolute atomic E-state index is 0.0494. The molecular formula is C33H27F3N4O5S. The van der Waals surface area contributed by atoms with Gasteiger partial charge in [-0.1, -0.05) is 48.4 Å². The Bertz CT molecular complexity index is 2090. The van der Waals surface area contributed by atoms with Crippen LogP contribution in [0.3, 0.4) is 0 Å². The second-order valence-corrected chi connectivity index (χ2v) is 12.5. The number of alkyl halides is 3. The van der Waals surface area contributed by atoms with Gasteiger partial charge in [-0.25, -0.2) is 22.4 Å². The number of rotatable bonds is 7. The van der Waals surface area contributed by atoms with E-state index in [0.29, 0.717) is 16.5 Å². The van der Waals surface area contributed by atoms with Crippen LogP contribution in [0.4, 0.5) is 18.9 Å². The van der Waals surface area contributed by atoms with Crippen LogP contribution in [0.1, 0.15) is 30.7 Å². The predicted molar refractivity (Wildman–Crippen MR) is 165 cm³/mol. The number of methoxy groups -OCH3 is 1. The highest BCUT2D eigenvalue weighted by atomic mass is 32.2. The summed E-state index contributed by atoms with van der Waals surface area (Å²) in [5, 5.41) is 13.1. The van der Waals surface area contributed by atoms with E-state index < -0.39 is 39.2 Å². The quantitative estimate of drug-likeness (QED) is 0.218. The number of fused-ring (bicyclic) bond motifs is 1. The molecular weight excluding hydrogens is 621 g/mol. The summed E-state index contributed by atoms with van der Waals surface area (Å²) in [5.41, 5.74) is -0.346. The molecule has 0 aliphatic heterocycles. The number of anilines is 1. The number of aliphatic hydroxyl groups is 1. The molecule has 1 amide bonds. The summed E-state index contributed by atoms with van der Waals surface area (Å²) in [5.74, 6) is 4.30. The fourth-order valence-corrected chi connectivity index (χ4v) is 6.01. The number of amides is 1. The standard InChI is InChI=1S/C33H27F3N4O5S/c1-32(2,42)14-13-26-17-23-16-24(19-37-30(23)40(26)46(43,44)27-7-5-4-6-8-27)22-11-9-21(10-12-22)15-29(41)39-25-18-28(33(34,35)36)31(45-3)38-20-25/h4-12,16-20,42H,15H2,1-3H3,(H,39,41). The Morgan fingerprint density at radius 1 is 0.978 bits per heavy atom. The Kier molecular flexibility index (Phi) is 8.62. The Morgan fingerprint density at radius 3 is 2.30 bits per heavy atom. The monoisotopic (exact) mass is 648 g/mol. The van der Waals surface area contributed by atoms with Crippen LogP contribution < -0.4 is 10.1 Å². The summed E-state index contributed by atoms with van der Waals surface area (Å²) in [7, 11) is -3.01. The number of aromatic nitrogens is 3. The largest absolute Gasteiger partial charge is 0.481 e. The normalized spacial score (nSPS) is 12.0. The van der Waals surface area contributed by atoms with Gasteiger partial charge in [0, 0.05) is 17.1 Å². The third-order valence-corrected chi connectivity index (χ3v) is 8.38. The van der Waals surface area contributed by atoms with Crippen LogP contribution in [0.5, 0.6) is 5.88 Å². The molecule has 0 unspecified atom stereocenters. The zero-order chi connectivity index (χ0) is 33.3. The topological polar surface area (TPSA) is 123 Å². The second kappa shape index (κ2) is 12.3. The van der Waals surface area contributed by atoms with Crippen molar-refractivity contribution < 1.29 is 36.2 Å². The number of benzene rings is 2. The lowest BCUT2D eigenvalue weighted by atomic mass is 10.0. The van der Waals surface area contributed by atoms with Gasteiger partial charge in [0.1, 0.15) is 16.9 Å². The maximum absolute atomic E-state index is 13.6. The maximum Gasteiger partial charge on any atom is 0.421 e. The molecule has 0 saturated heterocycles. The molecule has 3 aromatic heterocycles. The van der Waals surface area contributed by atoms with Crippen LogP contribution in [-0.2, 0) is 27.4 Å². The van der Waals surface area contributed by atoms with Gasteiger partial charge in [-0.05, 0) is 61.2 Å². The number of ether oxygens (including phenoxy) is 1. The van der Waals surface area contributed by atoms with Gasteiger partial charge >= 0.3 is 6.18 Å². The van der Waals surface area contributed by atoms with Crippen molar-refractivity contribution in [2.45, 2.75) is 36.9 Å². The smallest absolute Gasteiger partial charge is 0.421 e. The molecule has 0 atom stereocenters. The van der Waals surface area contributed by atoms with Crippen LogP contribution in [0.2, 0.25) is 0 Å². The minimum atomic E-state index is -4.71. The van der Waals surface area contributed by atoms with E-state index in [-0.39, 0.29) is 28.3 Å². The Hall–Kier alpha value is -5.19. The highest BCUT2D eigenvalue weighted by molar-refractivity contribution is 7.90. The number of carbonyl (C=O) groups is 1. The van der Waals surface area contributed by atoms with Crippen molar-refractivity contribution in [2.24, 2.45) is 0 Å². The SMILES string of the molecule is COc1ncc(NC(=O)Cc2ccc(-c3cnc4c(c3)cc(C#CC(C)(C)O)n4S(=O)(=O)c3ccccc3)cc2)cc1C(F)(F)F. The van der Waals surface area contributed by atoms with Gasteiger partial charge in [-0.15, -0.1) is 0 Å². The van der Waals surface area contributed by atoms with E-state index in [2.05, 4.69) is 31.9 Å². The predicted octanol–water partition coefficient (Wildman–Crippen LogP) is 5.67. The summed E-state index contributed by atoms with van der Waals surface area (Å²) < 4.78 is 72.9. The molecule has 2 N–H and O–H groups in total. The van der Waals surface area contributed by atoms with Gasteiger partial charge in [-0.2, -0.15) is 13.2 Å². The molecule has 236 valence electrons. The first-order chi connectivity index (χ1) is 21.7. The molecule has 0 aliphatic carbocycles. The summed E-state index contributed by atoms with van der Waals surface area (Å²) in [6, 6.07) is 18.8. The molecule has 9 nitrogen and oxygen atoms in total. The fourth-order valence-electron chi connectivity index (χ4n) is 4.57. The van der Waals surface area contributed by atoms with Crippen molar-refractivity contribution >= 4 is 32.7 Å². The summed E-state index contributed by atoms with van der Waals surface area (Å²) in [4.78, 5) is 20.7. The molecule has 5 aromatic rings. The van der Waals surface area contributed by atoms with E-state index >= 15 is 0 Å². The van der Waals surface area contributed by atoms with Crippen LogP contribution in [0.25, 0.3) is 22.2 Å². The number of hydrogen-bond donors (Lipinski definition) is 2. The Balaban J connectivity index is 1.41. The van der Waals surface area contributed by atoms with Crippen LogP contribution >= 0.6 is 0 Å². The molecule has 13 heteroatoms. The number of nitrogens with zero attached hydrogens (tertiary/aromatic N) is 3. The Morgan fingerprint density at radius 2 is 1.67 bits per heavy atom. The van der Waals surface area contributed by atoms with Crippen molar-refractivity contribution in [1.82, 2.24) is 13.9 Å². The molecule has 0 spiro atoms. The fraction of sp³-hybridized carbons (Fsp3) is 0.182.